The summed E-state index contributed by atoms with van der Waals surface area (Å²) in [6.45, 7) is 3.52. The fourth-order valence-electron chi connectivity index (χ4n) is 1.97. The number of hydrogen-bond acceptors (Lipinski definition) is 3. The molecule has 1 aromatic rings. The van der Waals surface area contributed by atoms with Gasteiger partial charge in [0.05, 0.1) is 6.61 Å². The first-order valence-corrected chi connectivity index (χ1v) is 6.00. The van der Waals surface area contributed by atoms with Crippen LogP contribution in [0.2, 0.25) is 0 Å². The van der Waals surface area contributed by atoms with Gasteiger partial charge in [0.25, 0.3) is 0 Å². The highest BCUT2D eigenvalue weighted by molar-refractivity contribution is 5.75. The van der Waals surface area contributed by atoms with Crippen molar-refractivity contribution in [3.8, 4) is 5.75 Å². The third-order valence-corrected chi connectivity index (χ3v) is 3.08. The molecule has 0 aromatic heterocycles. The molecule has 0 aliphatic carbocycles. The summed E-state index contributed by atoms with van der Waals surface area (Å²) >= 11 is 0. The third kappa shape index (κ3) is 3.86. The number of hydrogen-bond donors (Lipinski definition) is 2. The van der Waals surface area contributed by atoms with Crippen molar-refractivity contribution in [2.45, 2.75) is 45.6 Å². The van der Waals surface area contributed by atoms with Crippen molar-refractivity contribution >= 4 is 5.78 Å². The van der Waals surface area contributed by atoms with Crippen LogP contribution in [0, 0.1) is 0 Å². The molecule has 2 N–H and O–H groups in total. The number of carbonyl (C=O) groups excluding carboxylic acids is 1. The SMILES string of the molecule is CCC(CCC(C)=O)c1ccc(O)c(CO)c1. The molecule has 0 saturated carbocycles. The summed E-state index contributed by atoms with van der Waals surface area (Å²) in [5, 5.41) is 18.6. The van der Waals surface area contributed by atoms with E-state index in [1.165, 1.54) is 0 Å². The Labute approximate surface area is 102 Å². The zero-order chi connectivity index (χ0) is 12.8. The van der Waals surface area contributed by atoms with Crippen LogP contribution < -0.4 is 0 Å². The summed E-state index contributed by atoms with van der Waals surface area (Å²) in [7, 11) is 0. The van der Waals surface area contributed by atoms with E-state index in [2.05, 4.69) is 6.92 Å². The quantitative estimate of drug-likeness (QED) is 0.798. The molecule has 0 bridgehead atoms. The number of ketones is 1. The number of aromatic hydroxyl groups is 1. The molecule has 1 aromatic carbocycles. The summed E-state index contributed by atoms with van der Waals surface area (Å²) in [5.41, 5.74) is 1.62. The highest BCUT2D eigenvalue weighted by atomic mass is 16.3. The summed E-state index contributed by atoms with van der Waals surface area (Å²) < 4.78 is 0. The number of Topliss-reactive ketones (excluding diaryl/α,β-unsaturated/α-hetero) is 1. The van der Waals surface area contributed by atoms with Gasteiger partial charge in [-0.05, 0) is 43.4 Å². The second kappa shape index (κ2) is 6.40. The van der Waals surface area contributed by atoms with Crippen molar-refractivity contribution in [2.75, 3.05) is 0 Å². The molecule has 94 valence electrons. The Balaban J connectivity index is 2.84. The molecule has 0 spiro atoms. The predicted octanol–water partition coefficient (Wildman–Crippen LogP) is 2.75. The van der Waals surface area contributed by atoms with E-state index in [1.807, 2.05) is 12.1 Å². The minimum atomic E-state index is -0.164. The van der Waals surface area contributed by atoms with Gasteiger partial charge >= 0.3 is 0 Å². The van der Waals surface area contributed by atoms with Crippen molar-refractivity contribution < 1.29 is 15.0 Å². The topological polar surface area (TPSA) is 57.5 Å². The lowest BCUT2D eigenvalue weighted by molar-refractivity contribution is -0.117. The Bertz CT molecular complexity index is 385. The minimum Gasteiger partial charge on any atom is -0.508 e. The zero-order valence-electron chi connectivity index (χ0n) is 10.4. The lowest BCUT2D eigenvalue weighted by Gasteiger charge is -2.16. The number of benzene rings is 1. The maximum absolute atomic E-state index is 11.0. The maximum atomic E-state index is 11.0. The Morgan fingerprint density at radius 2 is 2.12 bits per heavy atom. The Morgan fingerprint density at radius 3 is 2.65 bits per heavy atom. The molecule has 17 heavy (non-hydrogen) atoms. The zero-order valence-corrected chi connectivity index (χ0v) is 10.4. The highest BCUT2D eigenvalue weighted by Crippen LogP contribution is 2.28. The van der Waals surface area contributed by atoms with E-state index in [4.69, 9.17) is 5.11 Å². The van der Waals surface area contributed by atoms with Crippen molar-refractivity contribution in [3.05, 3.63) is 29.3 Å². The summed E-state index contributed by atoms with van der Waals surface area (Å²) in [4.78, 5) is 11.0. The van der Waals surface area contributed by atoms with Crippen LogP contribution in [0.15, 0.2) is 18.2 Å². The first-order valence-electron chi connectivity index (χ1n) is 6.00. The van der Waals surface area contributed by atoms with Crippen LogP contribution in [-0.4, -0.2) is 16.0 Å². The van der Waals surface area contributed by atoms with Crippen LogP contribution in [0.5, 0.6) is 5.75 Å². The van der Waals surface area contributed by atoms with Gasteiger partial charge in [-0.2, -0.15) is 0 Å². The number of aliphatic hydroxyl groups excluding tert-OH is 1. The van der Waals surface area contributed by atoms with Crippen LogP contribution in [0.4, 0.5) is 0 Å². The van der Waals surface area contributed by atoms with Gasteiger partial charge < -0.3 is 15.0 Å². The van der Waals surface area contributed by atoms with Gasteiger partial charge in [0.15, 0.2) is 0 Å². The lowest BCUT2D eigenvalue weighted by Crippen LogP contribution is -2.02. The van der Waals surface area contributed by atoms with Crippen LogP contribution in [-0.2, 0) is 11.4 Å². The van der Waals surface area contributed by atoms with Gasteiger partial charge in [-0.25, -0.2) is 0 Å². The number of phenols is 1. The third-order valence-electron chi connectivity index (χ3n) is 3.08. The first-order chi connectivity index (χ1) is 8.08. The highest BCUT2D eigenvalue weighted by Gasteiger charge is 2.12. The molecule has 3 heteroatoms. The van der Waals surface area contributed by atoms with E-state index >= 15 is 0 Å². The number of rotatable bonds is 6. The van der Waals surface area contributed by atoms with Gasteiger partial charge in [-0.3, -0.25) is 0 Å². The molecule has 0 fully saturated rings. The van der Waals surface area contributed by atoms with E-state index in [-0.39, 0.29) is 18.1 Å². The van der Waals surface area contributed by atoms with Crippen molar-refractivity contribution in [3.63, 3.8) is 0 Å². The maximum Gasteiger partial charge on any atom is 0.129 e. The second-order valence-electron chi connectivity index (χ2n) is 4.39. The molecular formula is C14H20O3. The fourth-order valence-corrected chi connectivity index (χ4v) is 1.97. The van der Waals surface area contributed by atoms with E-state index < -0.39 is 0 Å². The minimum absolute atomic E-state index is 0.123. The van der Waals surface area contributed by atoms with Crippen molar-refractivity contribution in [1.29, 1.82) is 0 Å². The smallest absolute Gasteiger partial charge is 0.129 e. The molecular weight excluding hydrogens is 216 g/mol. The van der Waals surface area contributed by atoms with E-state index in [0.717, 1.165) is 18.4 Å². The van der Waals surface area contributed by atoms with E-state index in [1.54, 1.807) is 13.0 Å². The summed E-state index contributed by atoms with van der Waals surface area (Å²) in [5.74, 6) is 0.632. The summed E-state index contributed by atoms with van der Waals surface area (Å²) in [6, 6.07) is 5.30. The number of aliphatic hydroxyl groups is 1. The Morgan fingerprint density at radius 1 is 1.41 bits per heavy atom. The largest absolute Gasteiger partial charge is 0.508 e. The molecule has 0 radical (unpaired) electrons. The molecule has 1 rings (SSSR count). The van der Waals surface area contributed by atoms with Gasteiger partial charge in [-0.1, -0.05) is 13.0 Å². The number of carbonyl (C=O) groups is 1. The van der Waals surface area contributed by atoms with Gasteiger partial charge in [0, 0.05) is 12.0 Å². The Hall–Kier alpha value is -1.35. The molecule has 0 saturated heterocycles. The van der Waals surface area contributed by atoms with Crippen molar-refractivity contribution in [1.82, 2.24) is 0 Å². The normalized spacial score (nSPS) is 12.4. The van der Waals surface area contributed by atoms with Crippen LogP contribution >= 0.6 is 0 Å². The Kier molecular flexibility index (Phi) is 5.16. The molecule has 0 heterocycles. The average molecular weight is 236 g/mol. The molecule has 0 aliphatic heterocycles. The fraction of sp³-hybridized carbons (Fsp3) is 0.500. The average Bonchev–Trinajstić information content (AvgIpc) is 2.31. The van der Waals surface area contributed by atoms with Crippen LogP contribution in [0.1, 0.15) is 50.2 Å². The summed E-state index contributed by atoms with van der Waals surface area (Å²) in [6.07, 6.45) is 2.35. The van der Waals surface area contributed by atoms with E-state index in [9.17, 15) is 9.90 Å². The molecule has 3 nitrogen and oxygen atoms in total. The first kappa shape index (κ1) is 13.7. The second-order valence-corrected chi connectivity index (χ2v) is 4.39. The van der Waals surface area contributed by atoms with E-state index in [0.29, 0.717) is 17.9 Å². The van der Waals surface area contributed by atoms with Gasteiger partial charge in [0.1, 0.15) is 11.5 Å². The van der Waals surface area contributed by atoms with Gasteiger partial charge in [0.2, 0.25) is 0 Å². The monoisotopic (exact) mass is 236 g/mol. The van der Waals surface area contributed by atoms with Crippen LogP contribution in [0.3, 0.4) is 0 Å². The van der Waals surface area contributed by atoms with Crippen molar-refractivity contribution in [2.24, 2.45) is 0 Å². The molecule has 1 atom stereocenters. The predicted molar refractivity (Wildman–Crippen MR) is 67.0 cm³/mol. The standard InChI is InChI=1S/C14H20O3/c1-3-11(5-4-10(2)16)12-6-7-14(17)13(8-12)9-15/h6-8,11,15,17H,3-5,9H2,1-2H3. The lowest BCUT2D eigenvalue weighted by atomic mass is 9.90. The van der Waals surface area contributed by atoms with Gasteiger partial charge in [-0.15, -0.1) is 0 Å². The van der Waals surface area contributed by atoms with Crippen LogP contribution in [0.25, 0.3) is 0 Å². The molecule has 0 aliphatic rings. The molecule has 1 unspecified atom stereocenters. The molecule has 0 amide bonds.